The average Bonchev–Trinajstić information content (AvgIpc) is 2.65. The third-order valence-corrected chi connectivity index (χ3v) is 4.65. The summed E-state index contributed by atoms with van der Waals surface area (Å²) in [5.74, 6) is 0.0607. The molecule has 18 heavy (non-hydrogen) atoms. The van der Waals surface area contributed by atoms with Gasteiger partial charge in [0, 0.05) is 0 Å². The highest BCUT2D eigenvalue weighted by Gasteiger charge is 2.29. The molecule has 0 aromatic carbocycles. The van der Waals surface area contributed by atoms with Crippen molar-refractivity contribution in [2.45, 2.75) is 70.3 Å². The van der Waals surface area contributed by atoms with Gasteiger partial charge < -0.3 is 5.11 Å². The molecule has 0 spiro atoms. The van der Waals surface area contributed by atoms with E-state index in [9.17, 15) is 9.90 Å². The van der Waals surface area contributed by atoms with Crippen molar-refractivity contribution in [2.75, 3.05) is 13.1 Å². The van der Waals surface area contributed by atoms with E-state index in [0.29, 0.717) is 5.92 Å². The molecule has 2 fully saturated rings. The van der Waals surface area contributed by atoms with Gasteiger partial charge in [0.1, 0.15) is 6.04 Å². The van der Waals surface area contributed by atoms with E-state index >= 15 is 0 Å². The van der Waals surface area contributed by atoms with E-state index in [2.05, 4.69) is 4.90 Å². The van der Waals surface area contributed by atoms with Gasteiger partial charge >= 0.3 is 5.97 Å². The SMILES string of the molecule is O=C(O)C(CC1CCCCC1)N1CCCCCC1. The van der Waals surface area contributed by atoms with Crippen LogP contribution in [0.5, 0.6) is 0 Å². The Labute approximate surface area is 111 Å². The maximum Gasteiger partial charge on any atom is 0.320 e. The number of carboxylic acids is 1. The van der Waals surface area contributed by atoms with Crippen molar-refractivity contribution in [2.24, 2.45) is 5.92 Å². The van der Waals surface area contributed by atoms with Gasteiger partial charge in [0.25, 0.3) is 0 Å². The highest BCUT2D eigenvalue weighted by molar-refractivity contribution is 5.73. The molecule has 3 nitrogen and oxygen atoms in total. The fourth-order valence-corrected chi connectivity index (χ4v) is 3.55. The number of hydrogen-bond donors (Lipinski definition) is 1. The first kappa shape index (κ1) is 13.9. The standard InChI is InChI=1S/C15H27NO2/c17-15(18)14(12-13-8-4-3-5-9-13)16-10-6-1-2-7-11-16/h13-14H,1-12H2,(H,17,18). The van der Waals surface area contributed by atoms with Crippen LogP contribution in [0.3, 0.4) is 0 Å². The van der Waals surface area contributed by atoms with Crippen LogP contribution in [0.4, 0.5) is 0 Å². The quantitative estimate of drug-likeness (QED) is 0.836. The molecule has 0 aromatic rings. The van der Waals surface area contributed by atoms with Gasteiger partial charge in [-0.1, -0.05) is 44.9 Å². The van der Waals surface area contributed by atoms with Gasteiger partial charge in [-0.15, -0.1) is 0 Å². The number of nitrogens with zero attached hydrogens (tertiary/aromatic N) is 1. The van der Waals surface area contributed by atoms with Gasteiger partial charge in [-0.05, 0) is 38.3 Å². The molecular weight excluding hydrogens is 226 g/mol. The zero-order chi connectivity index (χ0) is 12.8. The normalized spacial score (nSPS) is 25.6. The molecule has 1 saturated heterocycles. The van der Waals surface area contributed by atoms with Crippen LogP contribution in [0.1, 0.15) is 64.2 Å². The molecule has 0 radical (unpaired) electrons. The van der Waals surface area contributed by atoms with E-state index < -0.39 is 5.97 Å². The number of aliphatic carboxylic acids is 1. The summed E-state index contributed by atoms with van der Waals surface area (Å²) in [6.07, 6.45) is 12.2. The van der Waals surface area contributed by atoms with E-state index in [0.717, 1.165) is 19.5 Å². The first-order valence-electron chi connectivity index (χ1n) is 7.74. The Morgan fingerprint density at radius 1 is 1.00 bits per heavy atom. The summed E-state index contributed by atoms with van der Waals surface area (Å²) in [6.45, 7) is 1.98. The van der Waals surface area contributed by atoms with Crippen molar-refractivity contribution in [3.05, 3.63) is 0 Å². The van der Waals surface area contributed by atoms with Crippen molar-refractivity contribution in [3.8, 4) is 0 Å². The zero-order valence-corrected chi connectivity index (χ0v) is 11.4. The topological polar surface area (TPSA) is 40.5 Å². The molecule has 1 saturated carbocycles. The maximum atomic E-state index is 11.5. The van der Waals surface area contributed by atoms with Gasteiger partial charge in [0.05, 0.1) is 0 Å². The van der Waals surface area contributed by atoms with E-state index in [1.165, 1.54) is 57.8 Å². The molecule has 0 amide bonds. The third-order valence-electron chi connectivity index (χ3n) is 4.65. The molecular formula is C15H27NO2. The minimum absolute atomic E-state index is 0.216. The van der Waals surface area contributed by atoms with E-state index in [1.807, 2.05) is 0 Å². The third kappa shape index (κ3) is 3.98. The second kappa shape index (κ2) is 7.13. The summed E-state index contributed by atoms with van der Waals surface area (Å²) < 4.78 is 0. The van der Waals surface area contributed by atoms with Gasteiger partial charge in [-0.25, -0.2) is 0 Å². The maximum absolute atomic E-state index is 11.5. The predicted octanol–water partition coefficient (Wildman–Crippen LogP) is 3.29. The Morgan fingerprint density at radius 2 is 1.56 bits per heavy atom. The summed E-state index contributed by atoms with van der Waals surface area (Å²) >= 11 is 0. The second-order valence-corrected chi connectivity index (χ2v) is 6.04. The Balaban J connectivity index is 1.91. The zero-order valence-electron chi connectivity index (χ0n) is 11.4. The lowest BCUT2D eigenvalue weighted by molar-refractivity contribution is -0.144. The lowest BCUT2D eigenvalue weighted by Gasteiger charge is -2.31. The number of carbonyl (C=O) groups is 1. The van der Waals surface area contributed by atoms with Crippen LogP contribution in [0, 0.1) is 5.92 Å². The fourth-order valence-electron chi connectivity index (χ4n) is 3.55. The van der Waals surface area contributed by atoms with Crippen molar-refractivity contribution >= 4 is 5.97 Å². The minimum Gasteiger partial charge on any atom is -0.480 e. The van der Waals surface area contributed by atoms with Crippen molar-refractivity contribution in [3.63, 3.8) is 0 Å². The van der Waals surface area contributed by atoms with Crippen molar-refractivity contribution in [1.29, 1.82) is 0 Å². The summed E-state index contributed by atoms with van der Waals surface area (Å²) in [5, 5.41) is 9.51. The van der Waals surface area contributed by atoms with Crippen molar-refractivity contribution in [1.82, 2.24) is 4.90 Å². The number of rotatable bonds is 4. The molecule has 3 heteroatoms. The van der Waals surface area contributed by atoms with Gasteiger partial charge in [-0.3, -0.25) is 9.69 Å². The highest BCUT2D eigenvalue weighted by Crippen LogP contribution is 2.29. The van der Waals surface area contributed by atoms with Crippen molar-refractivity contribution < 1.29 is 9.90 Å². The molecule has 1 atom stereocenters. The lowest BCUT2D eigenvalue weighted by Crippen LogP contribution is -2.43. The number of carboxylic acid groups (broad SMARTS) is 1. The summed E-state index contributed by atoms with van der Waals surface area (Å²) in [4.78, 5) is 13.8. The molecule has 0 aromatic heterocycles. The monoisotopic (exact) mass is 253 g/mol. The van der Waals surface area contributed by atoms with Gasteiger partial charge in [0.2, 0.25) is 0 Å². The molecule has 1 unspecified atom stereocenters. The molecule has 1 aliphatic carbocycles. The molecule has 104 valence electrons. The fraction of sp³-hybridized carbons (Fsp3) is 0.933. The van der Waals surface area contributed by atoms with E-state index in [1.54, 1.807) is 0 Å². The first-order valence-corrected chi connectivity index (χ1v) is 7.74. The van der Waals surface area contributed by atoms with E-state index in [4.69, 9.17) is 0 Å². The predicted molar refractivity (Wildman–Crippen MR) is 72.7 cm³/mol. The summed E-state index contributed by atoms with van der Waals surface area (Å²) in [6, 6.07) is -0.216. The van der Waals surface area contributed by atoms with Gasteiger partial charge in [-0.2, -0.15) is 0 Å². The van der Waals surface area contributed by atoms with Crippen LogP contribution >= 0.6 is 0 Å². The van der Waals surface area contributed by atoms with E-state index in [-0.39, 0.29) is 6.04 Å². The van der Waals surface area contributed by atoms with Crippen LogP contribution in [0.2, 0.25) is 0 Å². The molecule has 2 rings (SSSR count). The summed E-state index contributed by atoms with van der Waals surface area (Å²) in [7, 11) is 0. The Morgan fingerprint density at radius 3 is 2.11 bits per heavy atom. The Bertz CT molecular complexity index is 253. The van der Waals surface area contributed by atoms with Crippen LogP contribution in [0.25, 0.3) is 0 Å². The largest absolute Gasteiger partial charge is 0.480 e. The average molecular weight is 253 g/mol. The molecule has 1 aliphatic heterocycles. The molecule has 1 heterocycles. The highest BCUT2D eigenvalue weighted by atomic mass is 16.4. The van der Waals surface area contributed by atoms with Crippen LogP contribution < -0.4 is 0 Å². The smallest absolute Gasteiger partial charge is 0.320 e. The molecule has 1 N–H and O–H groups in total. The second-order valence-electron chi connectivity index (χ2n) is 6.04. The Hall–Kier alpha value is -0.570. The lowest BCUT2D eigenvalue weighted by atomic mass is 9.84. The number of likely N-dealkylation sites (tertiary alicyclic amines) is 1. The molecule has 2 aliphatic rings. The molecule has 0 bridgehead atoms. The van der Waals surface area contributed by atoms with Crippen LogP contribution in [-0.2, 0) is 4.79 Å². The van der Waals surface area contributed by atoms with Crippen LogP contribution in [0.15, 0.2) is 0 Å². The van der Waals surface area contributed by atoms with Gasteiger partial charge in [0.15, 0.2) is 0 Å². The minimum atomic E-state index is -0.595. The summed E-state index contributed by atoms with van der Waals surface area (Å²) in [5.41, 5.74) is 0. The Kier molecular flexibility index (Phi) is 5.48. The van der Waals surface area contributed by atoms with Crippen LogP contribution in [-0.4, -0.2) is 35.1 Å². The first-order chi connectivity index (χ1) is 8.77. The number of hydrogen-bond acceptors (Lipinski definition) is 2.